The van der Waals surface area contributed by atoms with E-state index in [2.05, 4.69) is 39.0 Å². The van der Waals surface area contributed by atoms with Gasteiger partial charge < -0.3 is 14.9 Å². The molecule has 9 nitrogen and oxygen atoms in total. The van der Waals surface area contributed by atoms with E-state index in [1.54, 1.807) is 29.4 Å². The Labute approximate surface area is 225 Å². The van der Waals surface area contributed by atoms with Crippen molar-refractivity contribution >= 4 is 34.9 Å². The maximum atomic E-state index is 12.3. The van der Waals surface area contributed by atoms with Crippen LogP contribution >= 0.6 is 11.8 Å². The minimum Gasteiger partial charge on any atom is -0.481 e. The average molecular weight is 536 g/mol. The van der Waals surface area contributed by atoms with E-state index in [-0.39, 0.29) is 17.7 Å². The van der Waals surface area contributed by atoms with Crippen LogP contribution in [0.1, 0.15) is 18.4 Å². The summed E-state index contributed by atoms with van der Waals surface area (Å²) in [6.45, 7) is 5.16. The Kier molecular flexibility index (Phi) is 7.62. The lowest BCUT2D eigenvalue weighted by molar-refractivity contribution is -0.136. The third-order valence-corrected chi connectivity index (χ3v) is 8.48. The summed E-state index contributed by atoms with van der Waals surface area (Å²) >= 11 is 1.73. The van der Waals surface area contributed by atoms with Gasteiger partial charge in [-0.3, -0.25) is 23.6 Å². The number of unbranched alkanes of at least 4 members (excludes halogenated alkanes) is 1. The van der Waals surface area contributed by atoms with Crippen molar-refractivity contribution < 1.29 is 9.90 Å². The number of carboxylic acid groups (broad SMARTS) is 1. The number of benzene rings is 2. The summed E-state index contributed by atoms with van der Waals surface area (Å²) in [6.07, 6.45) is 2.07. The van der Waals surface area contributed by atoms with E-state index in [0.29, 0.717) is 5.82 Å². The molecule has 0 aliphatic carbocycles. The number of rotatable bonds is 8. The lowest BCUT2D eigenvalue weighted by Crippen LogP contribution is -2.49. The van der Waals surface area contributed by atoms with Crippen molar-refractivity contribution in [2.45, 2.75) is 29.1 Å². The molecule has 2 aromatic carbocycles. The van der Waals surface area contributed by atoms with Crippen LogP contribution in [0.25, 0.3) is 0 Å². The zero-order chi connectivity index (χ0) is 26.8. The zero-order valence-corrected chi connectivity index (χ0v) is 22.6. The summed E-state index contributed by atoms with van der Waals surface area (Å²) in [5.74, 6) is -0.141. The third kappa shape index (κ3) is 5.37. The SMILES string of the molecule is Cn1c(N2CCN(CCCCN3c4ccccc4Sc4ccc(CC(=O)O)cc43)CC2)cc(=O)n(C)c1=O. The van der Waals surface area contributed by atoms with Gasteiger partial charge in [0, 0.05) is 62.7 Å². The van der Waals surface area contributed by atoms with Crippen molar-refractivity contribution in [3.8, 4) is 0 Å². The molecular weight excluding hydrogens is 502 g/mol. The maximum Gasteiger partial charge on any atom is 0.332 e. The highest BCUT2D eigenvalue weighted by Crippen LogP contribution is 2.48. The number of carbonyl (C=O) groups is 1. The van der Waals surface area contributed by atoms with E-state index >= 15 is 0 Å². The Morgan fingerprint density at radius 3 is 2.34 bits per heavy atom. The van der Waals surface area contributed by atoms with E-state index in [4.69, 9.17) is 0 Å². The highest BCUT2D eigenvalue weighted by Gasteiger charge is 2.24. The molecule has 0 spiro atoms. The van der Waals surface area contributed by atoms with Gasteiger partial charge in [-0.05, 0) is 49.2 Å². The van der Waals surface area contributed by atoms with Crippen LogP contribution in [0.4, 0.5) is 17.2 Å². The largest absolute Gasteiger partial charge is 0.481 e. The molecule has 0 amide bonds. The van der Waals surface area contributed by atoms with Crippen molar-refractivity contribution in [2.75, 3.05) is 49.1 Å². The van der Waals surface area contributed by atoms with Gasteiger partial charge in [0.05, 0.1) is 17.8 Å². The molecule has 3 aromatic rings. The second-order valence-electron chi connectivity index (χ2n) is 9.87. The maximum absolute atomic E-state index is 12.3. The summed E-state index contributed by atoms with van der Waals surface area (Å²) < 4.78 is 2.68. The molecule has 10 heteroatoms. The number of carboxylic acids is 1. The van der Waals surface area contributed by atoms with Crippen molar-refractivity contribution in [3.63, 3.8) is 0 Å². The standard InChI is InChI=1S/C28H33N5O4S/c1-29-25(19-26(34)30(2)28(29)37)32-15-13-31(14-16-32)11-5-6-12-33-21-7-3-4-8-23(21)38-24-10-9-20(17-22(24)33)18-27(35)36/h3-4,7-10,17,19H,5-6,11-16,18H2,1-2H3,(H,35,36). The second-order valence-corrected chi connectivity index (χ2v) is 11.0. The monoisotopic (exact) mass is 535 g/mol. The van der Waals surface area contributed by atoms with Gasteiger partial charge in [-0.15, -0.1) is 0 Å². The Morgan fingerprint density at radius 2 is 1.58 bits per heavy atom. The first-order valence-electron chi connectivity index (χ1n) is 13.0. The van der Waals surface area contributed by atoms with Crippen LogP contribution < -0.4 is 21.0 Å². The molecule has 1 aromatic heterocycles. The molecule has 1 saturated heterocycles. The molecule has 2 aliphatic heterocycles. The Morgan fingerprint density at radius 1 is 0.868 bits per heavy atom. The lowest BCUT2D eigenvalue weighted by atomic mass is 10.1. The van der Waals surface area contributed by atoms with Crippen LogP contribution in [0.15, 0.2) is 67.9 Å². The third-order valence-electron chi connectivity index (χ3n) is 7.35. The van der Waals surface area contributed by atoms with Crippen molar-refractivity contribution in [1.29, 1.82) is 0 Å². The number of para-hydroxylation sites is 1. The van der Waals surface area contributed by atoms with Gasteiger partial charge in [0.2, 0.25) is 0 Å². The van der Waals surface area contributed by atoms with Gasteiger partial charge in [0.1, 0.15) is 5.82 Å². The number of nitrogens with zero attached hydrogens (tertiary/aromatic N) is 5. The Hall–Kier alpha value is -3.50. The van der Waals surface area contributed by atoms with Gasteiger partial charge in [-0.25, -0.2) is 4.79 Å². The van der Waals surface area contributed by atoms with Crippen LogP contribution in [-0.4, -0.2) is 64.4 Å². The molecule has 38 heavy (non-hydrogen) atoms. The first-order valence-corrected chi connectivity index (χ1v) is 13.8. The van der Waals surface area contributed by atoms with Crippen LogP contribution in [0.3, 0.4) is 0 Å². The van der Waals surface area contributed by atoms with E-state index in [9.17, 15) is 19.5 Å². The quantitative estimate of drug-likeness (QED) is 0.441. The molecule has 0 unspecified atom stereocenters. The molecule has 0 atom stereocenters. The van der Waals surface area contributed by atoms with Crippen LogP contribution in [0.2, 0.25) is 0 Å². The second kappa shape index (κ2) is 11.1. The van der Waals surface area contributed by atoms with Crippen LogP contribution in [0.5, 0.6) is 0 Å². The fourth-order valence-electron chi connectivity index (χ4n) is 5.23. The summed E-state index contributed by atoms with van der Waals surface area (Å²) in [4.78, 5) is 45.0. The molecule has 0 bridgehead atoms. The molecule has 3 heterocycles. The first kappa shape index (κ1) is 26.1. The topological polar surface area (TPSA) is 91.0 Å². The van der Waals surface area contributed by atoms with Crippen molar-refractivity contribution in [1.82, 2.24) is 14.0 Å². The number of piperazine rings is 1. The summed E-state index contributed by atoms with van der Waals surface area (Å²) in [6, 6.07) is 15.9. The van der Waals surface area contributed by atoms with Gasteiger partial charge in [0.25, 0.3) is 5.56 Å². The van der Waals surface area contributed by atoms with E-state index in [0.717, 1.165) is 72.8 Å². The lowest BCUT2D eigenvalue weighted by Gasteiger charge is -2.37. The van der Waals surface area contributed by atoms with Crippen molar-refractivity contribution in [2.24, 2.45) is 14.1 Å². The van der Waals surface area contributed by atoms with Gasteiger partial charge >= 0.3 is 11.7 Å². The molecule has 200 valence electrons. The Balaban J connectivity index is 1.19. The molecule has 5 rings (SSSR count). The number of anilines is 3. The molecule has 0 radical (unpaired) electrons. The number of hydrogen-bond donors (Lipinski definition) is 1. The average Bonchev–Trinajstić information content (AvgIpc) is 2.91. The van der Waals surface area contributed by atoms with Gasteiger partial charge in [-0.2, -0.15) is 0 Å². The van der Waals surface area contributed by atoms with Gasteiger partial charge in [0.15, 0.2) is 0 Å². The predicted octanol–water partition coefficient (Wildman–Crippen LogP) is 2.92. The fraction of sp³-hybridized carbons (Fsp3) is 0.393. The first-order chi connectivity index (χ1) is 18.3. The summed E-state index contributed by atoms with van der Waals surface area (Å²) in [5, 5.41) is 9.27. The Bertz CT molecular complexity index is 1460. The number of fused-ring (bicyclic) bond motifs is 2. The molecular formula is C28H33N5O4S. The summed E-state index contributed by atoms with van der Waals surface area (Å²) in [7, 11) is 3.21. The smallest absolute Gasteiger partial charge is 0.332 e. The zero-order valence-electron chi connectivity index (χ0n) is 21.8. The van der Waals surface area contributed by atoms with Crippen LogP contribution in [0, 0.1) is 0 Å². The highest BCUT2D eigenvalue weighted by atomic mass is 32.2. The number of aliphatic carboxylic acids is 1. The predicted molar refractivity (Wildman–Crippen MR) is 150 cm³/mol. The van der Waals surface area contributed by atoms with Crippen molar-refractivity contribution in [3.05, 3.63) is 74.9 Å². The summed E-state index contributed by atoms with van der Waals surface area (Å²) in [5.41, 5.74) is 2.49. The molecule has 2 aliphatic rings. The molecule has 1 N–H and O–H groups in total. The number of hydrogen-bond acceptors (Lipinski definition) is 7. The normalized spacial score (nSPS) is 15.3. The molecule has 0 saturated carbocycles. The minimum absolute atomic E-state index is 0.0190. The minimum atomic E-state index is -0.822. The van der Waals surface area contributed by atoms with E-state index in [1.807, 2.05) is 18.2 Å². The van der Waals surface area contributed by atoms with Crippen LogP contribution in [-0.2, 0) is 25.3 Å². The van der Waals surface area contributed by atoms with E-state index < -0.39 is 5.97 Å². The van der Waals surface area contributed by atoms with Gasteiger partial charge in [-0.1, -0.05) is 30.0 Å². The molecule has 1 fully saturated rings. The van der Waals surface area contributed by atoms with E-state index in [1.165, 1.54) is 17.6 Å². The highest BCUT2D eigenvalue weighted by molar-refractivity contribution is 7.99. The number of aromatic nitrogens is 2. The fourth-order valence-corrected chi connectivity index (χ4v) is 6.31.